The van der Waals surface area contributed by atoms with Crippen molar-refractivity contribution in [3.8, 4) is 6.07 Å². The predicted octanol–water partition coefficient (Wildman–Crippen LogP) is 6.21. The van der Waals surface area contributed by atoms with E-state index in [1.807, 2.05) is 55.5 Å². The largest absolute Gasteiger partial charge is 0.353 e. The molecule has 0 radical (unpaired) electrons. The molecule has 1 aliphatic rings. The normalized spacial score (nSPS) is 16.1. The van der Waals surface area contributed by atoms with Crippen molar-refractivity contribution in [2.45, 2.75) is 32.6 Å². The van der Waals surface area contributed by atoms with Crippen molar-refractivity contribution in [1.82, 2.24) is 5.32 Å². The molecule has 154 valence electrons. The molecule has 0 spiro atoms. The summed E-state index contributed by atoms with van der Waals surface area (Å²) in [6.45, 7) is 4.01. The second kappa shape index (κ2) is 10.4. The van der Waals surface area contributed by atoms with E-state index in [1.54, 1.807) is 17.8 Å². The van der Waals surface area contributed by atoms with Gasteiger partial charge in [-0.1, -0.05) is 61.3 Å². The third-order valence-electron chi connectivity index (χ3n) is 4.88. The highest BCUT2D eigenvalue weighted by Crippen LogP contribution is 2.43. The fraction of sp³-hybridized carbons (Fsp3) is 0.250. The number of para-hydroxylation sites is 1. The van der Waals surface area contributed by atoms with Crippen LogP contribution in [0.1, 0.15) is 38.2 Å². The number of unbranched alkanes of at least 4 members (excludes halogenated alkanes) is 1. The summed E-state index contributed by atoms with van der Waals surface area (Å²) in [5.74, 6) is 0.122. The molecule has 0 fully saturated rings. The summed E-state index contributed by atoms with van der Waals surface area (Å²) in [6, 6.07) is 19.0. The zero-order valence-electron chi connectivity index (χ0n) is 17.0. The Labute approximate surface area is 187 Å². The minimum atomic E-state index is -0.530. The molecule has 2 aromatic rings. The topological polar surface area (TPSA) is 64.9 Å². The summed E-state index contributed by atoms with van der Waals surface area (Å²) < 4.78 is 0. The zero-order chi connectivity index (χ0) is 21.5. The van der Waals surface area contributed by atoms with E-state index in [4.69, 9.17) is 11.6 Å². The van der Waals surface area contributed by atoms with Crippen molar-refractivity contribution < 1.29 is 4.79 Å². The van der Waals surface area contributed by atoms with Crippen LogP contribution in [0.25, 0.3) is 0 Å². The molecule has 0 bridgehead atoms. The number of rotatable bonds is 7. The van der Waals surface area contributed by atoms with E-state index < -0.39 is 5.92 Å². The molecule has 1 aliphatic heterocycles. The van der Waals surface area contributed by atoms with Gasteiger partial charge in [0.05, 0.1) is 22.6 Å². The summed E-state index contributed by atoms with van der Waals surface area (Å²) in [6.07, 6.45) is 2.13. The van der Waals surface area contributed by atoms with E-state index in [1.165, 1.54) is 0 Å². The van der Waals surface area contributed by atoms with Gasteiger partial charge in [0, 0.05) is 22.0 Å². The minimum absolute atomic E-state index is 0.249. The number of nitriles is 1. The Morgan fingerprint density at radius 2 is 1.90 bits per heavy atom. The Morgan fingerprint density at radius 3 is 2.57 bits per heavy atom. The van der Waals surface area contributed by atoms with Crippen molar-refractivity contribution in [2.24, 2.45) is 0 Å². The standard InChI is InChI=1S/C24H24ClN3OS/c1-3-4-14-30-24-19(15-26)22(18-12-8-9-13-20(18)25)21(16(2)27-24)23(29)28-17-10-6-5-7-11-17/h5-13,22,27H,3-4,14H2,1-2H3,(H,28,29). The fourth-order valence-electron chi connectivity index (χ4n) is 3.39. The Hall–Kier alpha value is -2.68. The first-order valence-corrected chi connectivity index (χ1v) is 11.3. The van der Waals surface area contributed by atoms with Gasteiger partial charge in [-0.3, -0.25) is 4.79 Å². The Kier molecular flexibility index (Phi) is 7.62. The van der Waals surface area contributed by atoms with Crippen LogP contribution >= 0.6 is 23.4 Å². The number of dihydropyridines is 1. The predicted molar refractivity (Wildman–Crippen MR) is 125 cm³/mol. The SMILES string of the molecule is CCCCSC1=C(C#N)C(c2ccccc2Cl)C(C(=O)Nc2ccccc2)=C(C)N1. The maximum atomic E-state index is 13.3. The highest BCUT2D eigenvalue weighted by Gasteiger charge is 2.35. The van der Waals surface area contributed by atoms with Gasteiger partial charge in [0.2, 0.25) is 0 Å². The summed E-state index contributed by atoms with van der Waals surface area (Å²) in [5.41, 5.74) is 3.21. The summed E-state index contributed by atoms with van der Waals surface area (Å²) >= 11 is 8.14. The van der Waals surface area contributed by atoms with Crippen molar-refractivity contribution >= 4 is 35.0 Å². The maximum absolute atomic E-state index is 13.3. The molecule has 0 aromatic heterocycles. The number of carbonyl (C=O) groups excluding carboxylic acids is 1. The average molecular weight is 438 g/mol. The van der Waals surface area contributed by atoms with Gasteiger partial charge in [-0.15, -0.1) is 11.8 Å². The lowest BCUT2D eigenvalue weighted by Crippen LogP contribution is -2.30. The quantitative estimate of drug-likeness (QED) is 0.505. The summed E-state index contributed by atoms with van der Waals surface area (Å²) in [7, 11) is 0. The number of anilines is 1. The lowest BCUT2D eigenvalue weighted by Gasteiger charge is -2.30. The van der Waals surface area contributed by atoms with E-state index in [2.05, 4.69) is 23.6 Å². The molecule has 1 amide bonds. The molecule has 3 rings (SSSR count). The molecule has 30 heavy (non-hydrogen) atoms. The molecular weight excluding hydrogens is 414 g/mol. The highest BCUT2D eigenvalue weighted by atomic mass is 35.5. The highest BCUT2D eigenvalue weighted by molar-refractivity contribution is 8.03. The second-order valence-corrected chi connectivity index (χ2v) is 8.51. The Balaban J connectivity index is 2.06. The third kappa shape index (κ3) is 4.89. The van der Waals surface area contributed by atoms with Gasteiger partial charge < -0.3 is 10.6 Å². The van der Waals surface area contributed by atoms with Gasteiger partial charge in [-0.2, -0.15) is 5.26 Å². The van der Waals surface area contributed by atoms with Crippen LogP contribution in [-0.4, -0.2) is 11.7 Å². The summed E-state index contributed by atoms with van der Waals surface area (Å²) in [4.78, 5) is 13.3. The second-order valence-electron chi connectivity index (χ2n) is 6.99. The van der Waals surface area contributed by atoms with E-state index in [-0.39, 0.29) is 5.91 Å². The van der Waals surface area contributed by atoms with Crippen LogP contribution in [0.2, 0.25) is 5.02 Å². The van der Waals surface area contributed by atoms with E-state index >= 15 is 0 Å². The first-order chi connectivity index (χ1) is 14.6. The van der Waals surface area contributed by atoms with Gasteiger partial charge in [-0.25, -0.2) is 0 Å². The zero-order valence-corrected chi connectivity index (χ0v) is 18.6. The molecule has 0 aliphatic carbocycles. The number of amides is 1. The molecule has 4 nitrogen and oxygen atoms in total. The number of thioether (sulfide) groups is 1. The van der Waals surface area contributed by atoms with Crippen LogP contribution in [0.3, 0.4) is 0 Å². The van der Waals surface area contributed by atoms with Crippen LogP contribution in [0.15, 0.2) is 76.5 Å². The van der Waals surface area contributed by atoms with Crippen LogP contribution < -0.4 is 10.6 Å². The fourth-order valence-corrected chi connectivity index (χ4v) is 4.81. The molecule has 2 N–H and O–H groups in total. The Bertz CT molecular complexity index is 1020. The van der Waals surface area contributed by atoms with Crippen LogP contribution in [0, 0.1) is 11.3 Å². The molecule has 0 saturated heterocycles. The van der Waals surface area contributed by atoms with Crippen LogP contribution in [-0.2, 0) is 4.79 Å². The molecule has 1 atom stereocenters. The lowest BCUT2D eigenvalue weighted by molar-refractivity contribution is -0.113. The van der Waals surface area contributed by atoms with Crippen molar-refractivity contribution in [3.63, 3.8) is 0 Å². The van der Waals surface area contributed by atoms with Gasteiger partial charge in [0.15, 0.2) is 0 Å². The number of halogens is 1. The molecule has 0 saturated carbocycles. The number of nitrogens with zero attached hydrogens (tertiary/aromatic N) is 1. The number of carbonyl (C=O) groups is 1. The Morgan fingerprint density at radius 1 is 1.20 bits per heavy atom. The summed E-state index contributed by atoms with van der Waals surface area (Å²) in [5, 5.41) is 17.7. The monoisotopic (exact) mass is 437 g/mol. The average Bonchev–Trinajstić information content (AvgIpc) is 2.74. The first-order valence-electron chi connectivity index (χ1n) is 9.92. The van der Waals surface area contributed by atoms with E-state index in [9.17, 15) is 10.1 Å². The smallest absolute Gasteiger partial charge is 0.254 e. The van der Waals surface area contributed by atoms with Crippen molar-refractivity contribution in [2.75, 3.05) is 11.1 Å². The van der Waals surface area contributed by atoms with E-state index in [0.717, 1.165) is 34.9 Å². The molecule has 6 heteroatoms. The molecular formula is C24H24ClN3OS. The molecule has 2 aromatic carbocycles. The van der Waals surface area contributed by atoms with E-state index in [0.29, 0.717) is 21.9 Å². The maximum Gasteiger partial charge on any atom is 0.254 e. The van der Waals surface area contributed by atoms with Gasteiger partial charge in [-0.05, 0) is 42.9 Å². The van der Waals surface area contributed by atoms with Gasteiger partial charge >= 0.3 is 0 Å². The number of allylic oxidation sites excluding steroid dienone is 2. The van der Waals surface area contributed by atoms with Gasteiger partial charge in [0.25, 0.3) is 5.91 Å². The molecule has 1 heterocycles. The van der Waals surface area contributed by atoms with Crippen molar-refractivity contribution in [1.29, 1.82) is 5.26 Å². The minimum Gasteiger partial charge on any atom is -0.353 e. The number of hydrogen-bond donors (Lipinski definition) is 2. The molecule has 1 unspecified atom stereocenters. The van der Waals surface area contributed by atoms with Crippen molar-refractivity contribution in [3.05, 3.63) is 87.1 Å². The third-order valence-corrected chi connectivity index (χ3v) is 6.33. The van der Waals surface area contributed by atoms with Crippen LogP contribution in [0.5, 0.6) is 0 Å². The lowest BCUT2D eigenvalue weighted by atomic mass is 9.82. The van der Waals surface area contributed by atoms with Crippen LogP contribution in [0.4, 0.5) is 5.69 Å². The number of hydrogen-bond acceptors (Lipinski definition) is 4. The van der Waals surface area contributed by atoms with Gasteiger partial charge in [0.1, 0.15) is 0 Å². The first kappa shape index (κ1) is 22.0. The number of nitrogens with one attached hydrogen (secondary N) is 2. The number of benzene rings is 2.